The standard InChI is InChI=1S/C46H72O18/c1-49-41-32-37(33-42(50-2)45(41)53-5)30-39(8-7-11-55-14-17-58-20-23-61-24-21-59-18-15-56-12-9-47)40(31-38-34-43(51-3)46(54-6)44(35-38)52-4)36-64-29-28-63-27-26-62-25-22-60-19-16-57-13-10-48/h32-35,47-48H,9-31,36H2,1-6H3/b40-39-. The number of hydrogen-bond acceptors (Lipinski definition) is 18. The molecular formula is C46H72O18. The number of aliphatic hydroxyl groups is 2. The molecule has 0 heterocycles. The summed E-state index contributed by atoms with van der Waals surface area (Å²) in [5.41, 5.74) is 3.48. The minimum absolute atomic E-state index is 0.00510. The zero-order chi connectivity index (χ0) is 46.3. The highest BCUT2D eigenvalue weighted by atomic mass is 16.6. The highest BCUT2D eigenvalue weighted by molar-refractivity contribution is 5.56. The molecule has 2 N–H and O–H groups in total. The monoisotopic (exact) mass is 912 g/mol. The summed E-state index contributed by atoms with van der Waals surface area (Å²) in [6.07, 6.45) is 0.850. The second-order valence-electron chi connectivity index (χ2n) is 13.3. The molecule has 0 saturated heterocycles. The minimum Gasteiger partial charge on any atom is -0.493 e. The third-order valence-corrected chi connectivity index (χ3v) is 8.81. The van der Waals surface area contributed by atoms with Gasteiger partial charge in [-0.05, 0) is 47.4 Å². The number of ether oxygens (including phenoxy) is 16. The largest absolute Gasteiger partial charge is 0.493 e. The number of hydrogen-bond donors (Lipinski definition) is 2. The molecule has 0 saturated carbocycles. The fraction of sp³-hybridized carbons (Fsp3) is 0.652. The van der Waals surface area contributed by atoms with Crippen molar-refractivity contribution in [3.8, 4) is 46.3 Å². The molecule has 0 radical (unpaired) electrons. The van der Waals surface area contributed by atoms with E-state index in [-0.39, 0.29) is 26.4 Å². The molecule has 0 aromatic heterocycles. The van der Waals surface area contributed by atoms with E-state index in [2.05, 4.69) is 11.8 Å². The van der Waals surface area contributed by atoms with Crippen molar-refractivity contribution >= 4 is 0 Å². The lowest BCUT2D eigenvalue weighted by Gasteiger charge is -2.18. The van der Waals surface area contributed by atoms with E-state index >= 15 is 0 Å². The molecule has 2 aromatic carbocycles. The minimum atomic E-state index is -0.00971. The second kappa shape index (κ2) is 38.3. The Morgan fingerprint density at radius 1 is 0.391 bits per heavy atom. The van der Waals surface area contributed by atoms with Crippen LogP contribution in [0.1, 0.15) is 11.1 Å². The number of rotatable bonds is 41. The average molecular weight is 913 g/mol. The van der Waals surface area contributed by atoms with E-state index in [9.17, 15) is 0 Å². The molecule has 0 spiro atoms. The van der Waals surface area contributed by atoms with Crippen molar-refractivity contribution in [3.63, 3.8) is 0 Å². The third-order valence-electron chi connectivity index (χ3n) is 8.81. The van der Waals surface area contributed by atoms with Crippen molar-refractivity contribution in [2.24, 2.45) is 0 Å². The number of allylic oxidation sites excluding steroid dienone is 1. The van der Waals surface area contributed by atoms with E-state index in [0.717, 1.165) is 22.3 Å². The van der Waals surface area contributed by atoms with Crippen LogP contribution in [0.15, 0.2) is 35.4 Å². The summed E-state index contributed by atoms with van der Waals surface area (Å²) >= 11 is 0. The van der Waals surface area contributed by atoms with Crippen LogP contribution in [0.2, 0.25) is 0 Å². The van der Waals surface area contributed by atoms with Gasteiger partial charge in [0.25, 0.3) is 0 Å². The normalized spacial score (nSPS) is 11.5. The molecule has 2 rings (SSSR count). The Hall–Kier alpha value is -3.94. The smallest absolute Gasteiger partial charge is 0.203 e. The Labute approximate surface area is 379 Å². The van der Waals surface area contributed by atoms with Crippen LogP contribution in [0, 0.1) is 11.8 Å². The van der Waals surface area contributed by atoms with Crippen LogP contribution in [-0.2, 0) is 60.2 Å². The van der Waals surface area contributed by atoms with Gasteiger partial charge in [-0.1, -0.05) is 11.8 Å². The highest BCUT2D eigenvalue weighted by Gasteiger charge is 2.18. The number of aliphatic hydroxyl groups excluding tert-OH is 2. The Kier molecular flexibility index (Phi) is 33.7. The molecular weight excluding hydrogens is 840 g/mol. The summed E-state index contributed by atoms with van der Waals surface area (Å²) in [4.78, 5) is 0. The fourth-order valence-corrected chi connectivity index (χ4v) is 5.78. The predicted molar refractivity (Wildman–Crippen MR) is 237 cm³/mol. The molecule has 0 aliphatic rings. The molecule has 0 amide bonds. The molecule has 0 unspecified atom stereocenters. The van der Waals surface area contributed by atoms with Gasteiger partial charge >= 0.3 is 0 Å². The molecule has 0 atom stereocenters. The van der Waals surface area contributed by atoms with Crippen molar-refractivity contribution in [2.45, 2.75) is 12.8 Å². The van der Waals surface area contributed by atoms with Gasteiger partial charge in [-0.25, -0.2) is 0 Å². The number of benzene rings is 2. The summed E-state index contributed by atoms with van der Waals surface area (Å²) in [6, 6.07) is 7.62. The maximum atomic E-state index is 8.75. The summed E-state index contributed by atoms with van der Waals surface area (Å²) < 4.78 is 89.6. The van der Waals surface area contributed by atoms with E-state index in [1.165, 1.54) is 0 Å². The van der Waals surface area contributed by atoms with Crippen molar-refractivity contribution in [1.82, 2.24) is 0 Å². The number of methoxy groups -OCH3 is 6. The van der Waals surface area contributed by atoms with E-state index < -0.39 is 0 Å². The summed E-state index contributed by atoms with van der Waals surface area (Å²) in [5.74, 6) is 9.64. The van der Waals surface area contributed by atoms with Gasteiger partial charge in [-0.15, -0.1) is 0 Å². The Bertz CT molecular complexity index is 1530. The lowest BCUT2D eigenvalue weighted by atomic mass is 9.95. The van der Waals surface area contributed by atoms with Gasteiger partial charge in [-0.3, -0.25) is 0 Å². The summed E-state index contributed by atoms with van der Waals surface area (Å²) in [5, 5.41) is 17.5. The molecule has 64 heavy (non-hydrogen) atoms. The van der Waals surface area contributed by atoms with E-state index in [0.29, 0.717) is 166 Å². The highest BCUT2D eigenvalue weighted by Crippen LogP contribution is 2.40. The first kappa shape index (κ1) is 56.2. The van der Waals surface area contributed by atoms with Crippen molar-refractivity contribution in [2.75, 3.05) is 188 Å². The SMILES string of the molecule is COc1cc(C/C(C#CCOCCOCCOCCOCCOCCO)=C(\COCCOCCOCCOCCOCCO)Cc2cc(OC)c(OC)c(OC)c2)cc(OC)c1OC. The Morgan fingerprint density at radius 2 is 0.703 bits per heavy atom. The van der Waals surface area contributed by atoms with Gasteiger partial charge in [0.1, 0.15) is 6.61 Å². The lowest BCUT2D eigenvalue weighted by Crippen LogP contribution is -2.14. The average Bonchev–Trinajstić information content (AvgIpc) is 3.32. The van der Waals surface area contributed by atoms with E-state index in [1.54, 1.807) is 42.7 Å². The van der Waals surface area contributed by atoms with E-state index in [1.807, 2.05) is 24.3 Å². The van der Waals surface area contributed by atoms with Gasteiger partial charge in [0.2, 0.25) is 11.5 Å². The Balaban J connectivity index is 2.16. The van der Waals surface area contributed by atoms with Crippen molar-refractivity contribution in [1.29, 1.82) is 0 Å². The van der Waals surface area contributed by atoms with Crippen LogP contribution in [0.25, 0.3) is 0 Å². The maximum Gasteiger partial charge on any atom is 0.203 e. The molecule has 18 nitrogen and oxygen atoms in total. The molecule has 0 aliphatic heterocycles. The van der Waals surface area contributed by atoms with Crippen molar-refractivity contribution < 1.29 is 86.0 Å². The topological polar surface area (TPSA) is 188 Å². The maximum absolute atomic E-state index is 8.75. The van der Waals surface area contributed by atoms with Gasteiger partial charge in [0, 0.05) is 12.0 Å². The van der Waals surface area contributed by atoms with Crippen LogP contribution in [0.3, 0.4) is 0 Å². The van der Waals surface area contributed by atoms with Crippen molar-refractivity contribution in [3.05, 3.63) is 46.5 Å². The lowest BCUT2D eigenvalue weighted by molar-refractivity contribution is -0.0122. The van der Waals surface area contributed by atoms with Gasteiger partial charge in [-0.2, -0.15) is 0 Å². The quantitative estimate of drug-likeness (QED) is 0.0732. The van der Waals surface area contributed by atoms with Crippen LogP contribution in [0.5, 0.6) is 34.5 Å². The fourth-order valence-electron chi connectivity index (χ4n) is 5.78. The van der Waals surface area contributed by atoms with Crippen LogP contribution in [0.4, 0.5) is 0 Å². The van der Waals surface area contributed by atoms with Gasteiger partial charge in [0.05, 0.1) is 181 Å². The molecule has 0 fully saturated rings. The summed E-state index contributed by atoms with van der Waals surface area (Å²) in [7, 11) is 9.44. The zero-order valence-corrected chi connectivity index (χ0v) is 38.7. The molecule has 0 bridgehead atoms. The second-order valence-corrected chi connectivity index (χ2v) is 13.3. The first-order valence-electron chi connectivity index (χ1n) is 21.3. The molecule has 364 valence electrons. The van der Waals surface area contributed by atoms with E-state index in [4.69, 9.17) is 86.0 Å². The van der Waals surface area contributed by atoms with Crippen LogP contribution >= 0.6 is 0 Å². The molecule has 18 heteroatoms. The first-order valence-corrected chi connectivity index (χ1v) is 21.3. The Morgan fingerprint density at radius 3 is 1.03 bits per heavy atom. The summed E-state index contributed by atoms with van der Waals surface area (Å²) in [6.45, 7) is 7.55. The van der Waals surface area contributed by atoms with Crippen LogP contribution < -0.4 is 28.4 Å². The predicted octanol–water partition coefficient (Wildman–Crippen LogP) is 2.97. The third kappa shape index (κ3) is 24.4. The first-order chi connectivity index (χ1) is 31.5. The molecule has 0 aliphatic carbocycles. The zero-order valence-electron chi connectivity index (χ0n) is 38.7. The van der Waals surface area contributed by atoms with Gasteiger partial charge < -0.3 is 86.0 Å². The van der Waals surface area contributed by atoms with Crippen LogP contribution in [-0.4, -0.2) is 198 Å². The molecule has 2 aromatic rings. The van der Waals surface area contributed by atoms with Gasteiger partial charge in [0.15, 0.2) is 23.0 Å².